The fraction of sp³-hybridized carbons (Fsp3) is 0.308. The molecule has 1 heterocycles. The SMILES string of the molecule is CCOC(=O)c1c(NC(=O)C(Sc2ccc(N)cc2)c2ccccc2)sc2c1CCCCC2. The summed E-state index contributed by atoms with van der Waals surface area (Å²) < 4.78 is 5.37. The van der Waals surface area contributed by atoms with E-state index in [0.29, 0.717) is 22.9 Å². The normalized spacial score (nSPS) is 14.1. The highest BCUT2D eigenvalue weighted by Crippen LogP contribution is 2.41. The third kappa shape index (κ3) is 5.60. The highest BCUT2D eigenvalue weighted by atomic mass is 32.2. The second-order valence-corrected chi connectivity index (χ2v) is 10.2. The van der Waals surface area contributed by atoms with Gasteiger partial charge in [-0.1, -0.05) is 36.8 Å². The zero-order valence-electron chi connectivity index (χ0n) is 18.6. The van der Waals surface area contributed by atoms with Crippen molar-refractivity contribution in [3.63, 3.8) is 0 Å². The van der Waals surface area contributed by atoms with Gasteiger partial charge in [-0.25, -0.2) is 4.79 Å². The molecule has 1 aliphatic rings. The van der Waals surface area contributed by atoms with Crippen molar-refractivity contribution in [2.24, 2.45) is 0 Å². The average molecular weight is 481 g/mol. The van der Waals surface area contributed by atoms with Crippen LogP contribution in [0.3, 0.4) is 0 Å². The standard InChI is InChI=1S/C26H28N2O3S2/c1-2-31-26(30)22-20-11-7-4-8-12-21(20)33-25(22)28-24(29)23(17-9-5-3-6-10-17)32-19-15-13-18(27)14-16-19/h3,5-6,9-10,13-16,23H,2,4,7-8,11-12,27H2,1H3,(H,28,29). The molecular formula is C26H28N2O3S2. The molecule has 3 aromatic rings. The Morgan fingerprint density at radius 3 is 2.52 bits per heavy atom. The van der Waals surface area contributed by atoms with Crippen molar-refractivity contribution in [2.75, 3.05) is 17.7 Å². The molecule has 0 aliphatic heterocycles. The zero-order chi connectivity index (χ0) is 23.2. The number of nitrogens with two attached hydrogens (primary N) is 1. The molecule has 1 unspecified atom stereocenters. The highest BCUT2D eigenvalue weighted by molar-refractivity contribution is 8.00. The lowest BCUT2D eigenvalue weighted by atomic mass is 10.1. The van der Waals surface area contributed by atoms with Gasteiger partial charge in [-0.15, -0.1) is 23.1 Å². The Bertz CT molecular complexity index is 1110. The number of esters is 1. The molecule has 1 atom stereocenters. The molecule has 0 spiro atoms. The number of nitrogen functional groups attached to an aromatic ring is 1. The predicted octanol–water partition coefficient (Wildman–Crippen LogP) is 6.25. The Morgan fingerprint density at radius 1 is 1.06 bits per heavy atom. The van der Waals surface area contributed by atoms with E-state index in [1.807, 2.05) is 54.6 Å². The van der Waals surface area contributed by atoms with Crippen molar-refractivity contribution in [1.29, 1.82) is 0 Å². The first-order valence-electron chi connectivity index (χ1n) is 11.3. The van der Waals surface area contributed by atoms with Crippen LogP contribution in [-0.4, -0.2) is 18.5 Å². The zero-order valence-corrected chi connectivity index (χ0v) is 20.3. The first-order valence-corrected chi connectivity index (χ1v) is 13.0. The number of nitrogens with one attached hydrogen (secondary N) is 1. The third-order valence-electron chi connectivity index (χ3n) is 5.61. The lowest BCUT2D eigenvalue weighted by molar-refractivity contribution is -0.115. The minimum atomic E-state index is -0.480. The number of thiophene rings is 1. The van der Waals surface area contributed by atoms with Crippen molar-refractivity contribution >= 4 is 45.7 Å². The van der Waals surface area contributed by atoms with Crippen LogP contribution in [0.1, 0.15) is 57.8 Å². The molecule has 0 fully saturated rings. The number of rotatable bonds is 7. The van der Waals surface area contributed by atoms with Crippen LogP contribution >= 0.6 is 23.1 Å². The number of ether oxygens (including phenoxy) is 1. The van der Waals surface area contributed by atoms with Crippen LogP contribution in [0.5, 0.6) is 0 Å². The minimum Gasteiger partial charge on any atom is -0.462 e. The minimum absolute atomic E-state index is 0.162. The quantitative estimate of drug-likeness (QED) is 0.181. The summed E-state index contributed by atoms with van der Waals surface area (Å²) in [6.07, 6.45) is 5.08. The fourth-order valence-electron chi connectivity index (χ4n) is 4.01. The van der Waals surface area contributed by atoms with E-state index >= 15 is 0 Å². The van der Waals surface area contributed by atoms with E-state index in [2.05, 4.69) is 5.32 Å². The van der Waals surface area contributed by atoms with Crippen molar-refractivity contribution < 1.29 is 14.3 Å². The Labute approximate surface area is 202 Å². The first kappa shape index (κ1) is 23.4. The number of amides is 1. The van der Waals surface area contributed by atoms with Crippen LogP contribution in [0, 0.1) is 0 Å². The summed E-state index contributed by atoms with van der Waals surface area (Å²) >= 11 is 2.98. The van der Waals surface area contributed by atoms with Crippen molar-refractivity contribution in [2.45, 2.75) is 49.2 Å². The van der Waals surface area contributed by atoms with Crippen molar-refractivity contribution in [1.82, 2.24) is 0 Å². The molecular weight excluding hydrogens is 452 g/mol. The number of thioether (sulfide) groups is 1. The van der Waals surface area contributed by atoms with E-state index in [0.717, 1.165) is 48.1 Å². The second kappa shape index (κ2) is 10.9. The number of carbonyl (C=O) groups excluding carboxylic acids is 2. The summed E-state index contributed by atoms with van der Waals surface area (Å²) in [7, 11) is 0. The highest BCUT2D eigenvalue weighted by Gasteiger charge is 2.29. The maximum atomic E-state index is 13.6. The predicted molar refractivity (Wildman–Crippen MR) is 136 cm³/mol. The largest absolute Gasteiger partial charge is 0.462 e. The monoisotopic (exact) mass is 480 g/mol. The Balaban J connectivity index is 1.66. The molecule has 3 N–H and O–H groups in total. The van der Waals surface area contributed by atoms with Gasteiger partial charge in [0.2, 0.25) is 5.91 Å². The number of benzene rings is 2. The lowest BCUT2D eigenvalue weighted by Gasteiger charge is -2.17. The van der Waals surface area contributed by atoms with Gasteiger partial charge in [-0.2, -0.15) is 0 Å². The number of carbonyl (C=O) groups is 2. The molecule has 7 heteroatoms. The maximum Gasteiger partial charge on any atom is 0.341 e. The second-order valence-electron chi connectivity index (χ2n) is 7.96. The Hall–Kier alpha value is -2.77. The molecule has 1 aliphatic carbocycles. The van der Waals surface area contributed by atoms with Gasteiger partial charge in [0.25, 0.3) is 0 Å². The molecule has 0 bridgehead atoms. The summed E-state index contributed by atoms with van der Waals surface area (Å²) in [6, 6.07) is 17.2. The number of aryl methyl sites for hydroxylation is 1. The smallest absolute Gasteiger partial charge is 0.341 e. The van der Waals surface area contributed by atoms with Crippen molar-refractivity contribution in [3.05, 3.63) is 76.2 Å². The van der Waals surface area contributed by atoms with Crippen molar-refractivity contribution in [3.8, 4) is 0 Å². The van der Waals surface area contributed by atoms with E-state index in [4.69, 9.17) is 10.5 Å². The van der Waals surface area contributed by atoms with Gasteiger partial charge >= 0.3 is 5.97 Å². The summed E-state index contributed by atoms with van der Waals surface area (Å²) in [5.41, 5.74) is 8.99. The maximum absolute atomic E-state index is 13.6. The third-order valence-corrected chi connectivity index (χ3v) is 8.09. The van der Waals surface area contributed by atoms with Crippen LogP contribution in [0.15, 0.2) is 59.5 Å². The molecule has 0 radical (unpaired) electrons. The molecule has 5 nitrogen and oxygen atoms in total. The van der Waals surface area contributed by atoms with Gasteiger partial charge < -0.3 is 15.8 Å². The van der Waals surface area contributed by atoms with Crippen LogP contribution in [-0.2, 0) is 22.4 Å². The van der Waals surface area contributed by atoms with Gasteiger partial charge in [0.05, 0.1) is 12.2 Å². The molecule has 0 saturated carbocycles. The molecule has 172 valence electrons. The van der Waals surface area contributed by atoms with Gasteiger partial charge in [-0.05, 0) is 68.0 Å². The summed E-state index contributed by atoms with van der Waals surface area (Å²) in [4.78, 5) is 28.6. The number of hydrogen-bond acceptors (Lipinski definition) is 6. The molecule has 4 rings (SSSR count). The topological polar surface area (TPSA) is 81.4 Å². The molecule has 33 heavy (non-hydrogen) atoms. The van der Waals surface area contributed by atoms with Gasteiger partial charge in [0.15, 0.2) is 0 Å². The molecule has 1 amide bonds. The summed E-state index contributed by atoms with van der Waals surface area (Å²) in [5.74, 6) is -0.514. The molecule has 0 saturated heterocycles. The number of fused-ring (bicyclic) bond motifs is 1. The van der Waals surface area contributed by atoms with Crippen LogP contribution in [0.4, 0.5) is 10.7 Å². The number of hydrogen-bond donors (Lipinski definition) is 2. The van der Waals surface area contributed by atoms with Crippen LogP contribution in [0.25, 0.3) is 0 Å². The molecule has 1 aromatic heterocycles. The van der Waals surface area contributed by atoms with E-state index in [1.54, 1.807) is 6.92 Å². The summed E-state index contributed by atoms with van der Waals surface area (Å²) in [5, 5.41) is 3.21. The Kier molecular flexibility index (Phi) is 7.73. The van der Waals surface area contributed by atoms with Gasteiger partial charge in [-0.3, -0.25) is 4.79 Å². The van der Waals surface area contributed by atoms with Gasteiger partial charge in [0, 0.05) is 15.5 Å². The molecule has 2 aromatic carbocycles. The van der Waals surface area contributed by atoms with E-state index in [9.17, 15) is 9.59 Å². The lowest BCUT2D eigenvalue weighted by Crippen LogP contribution is -2.20. The number of anilines is 2. The van der Waals surface area contributed by atoms with Crippen LogP contribution < -0.4 is 11.1 Å². The Morgan fingerprint density at radius 2 is 1.79 bits per heavy atom. The average Bonchev–Trinajstić information content (AvgIpc) is 2.99. The van der Waals surface area contributed by atoms with Gasteiger partial charge in [0.1, 0.15) is 10.3 Å². The first-order chi connectivity index (χ1) is 16.1. The fourth-order valence-corrected chi connectivity index (χ4v) is 6.32. The summed E-state index contributed by atoms with van der Waals surface area (Å²) in [6.45, 7) is 2.10. The van der Waals surface area contributed by atoms with Crippen LogP contribution in [0.2, 0.25) is 0 Å². The van der Waals surface area contributed by atoms with E-state index in [-0.39, 0.29) is 11.9 Å². The van der Waals surface area contributed by atoms with E-state index in [1.165, 1.54) is 28.0 Å². The van der Waals surface area contributed by atoms with E-state index < -0.39 is 5.25 Å².